The zero-order valence-electron chi connectivity index (χ0n) is 12.4. The second kappa shape index (κ2) is 6.25. The van der Waals surface area contributed by atoms with E-state index in [1.165, 1.54) is 0 Å². The van der Waals surface area contributed by atoms with Crippen LogP contribution in [0.4, 0.5) is 0 Å². The lowest BCUT2D eigenvalue weighted by Crippen LogP contribution is -2.44. The van der Waals surface area contributed by atoms with Crippen LogP contribution in [-0.2, 0) is 16.0 Å². The number of amides is 2. The number of ether oxygens (including phenoxy) is 2. The van der Waals surface area contributed by atoms with E-state index in [1.807, 2.05) is 12.1 Å². The van der Waals surface area contributed by atoms with Crippen molar-refractivity contribution in [3.63, 3.8) is 0 Å². The summed E-state index contributed by atoms with van der Waals surface area (Å²) >= 11 is 0. The molecule has 0 unspecified atom stereocenters. The molecule has 1 aliphatic heterocycles. The smallest absolute Gasteiger partial charge is 0.237 e. The van der Waals surface area contributed by atoms with E-state index >= 15 is 0 Å². The van der Waals surface area contributed by atoms with Gasteiger partial charge in [0.25, 0.3) is 0 Å². The lowest BCUT2D eigenvalue weighted by molar-refractivity contribution is -0.136. The first-order valence-corrected chi connectivity index (χ1v) is 7.60. The third-order valence-corrected chi connectivity index (χ3v) is 4.20. The summed E-state index contributed by atoms with van der Waals surface area (Å²) in [6.45, 7) is 0.205. The normalized spacial score (nSPS) is 16.7. The Hall–Kier alpha value is -2.24. The summed E-state index contributed by atoms with van der Waals surface area (Å²) in [5, 5.41) is 0. The third kappa shape index (κ3) is 3.16. The monoisotopic (exact) mass is 304 g/mol. The Morgan fingerprint density at radius 2 is 1.91 bits per heavy atom. The van der Waals surface area contributed by atoms with Gasteiger partial charge in [-0.2, -0.15) is 0 Å². The van der Waals surface area contributed by atoms with Gasteiger partial charge in [-0.1, -0.05) is 18.9 Å². The number of carbonyl (C=O) groups is 2. The molecule has 2 amide bonds. The maximum absolute atomic E-state index is 12.6. The minimum absolute atomic E-state index is 0.00590. The fourth-order valence-corrected chi connectivity index (χ4v) is 3.13. The molecule has 0 radical (unpaired) electrons. The fourth-order valence-electron chi connectivity index (χ4n) is 3.13. The Bertz CT molecular complexity index is 582. The number of benzene rings is 1. The van der Waals surface area contributed by atoms with E-state index in [-0.39, 0.29) is 31.7 Å². The predicted octanol–water partition coefficient (Wildman–Crippen LogP) is 1.21. The van der Waals surface area contributed by atoms with Gasteiger partial charge in [-0.25, -0.2) is 0 Å². The van der Waals surface area contributed by atoms with Gasteiger partial charge in [0, 0.05) is 6.04 Å². The lowest BCUT2D eigenvalue weighted by Gasteiger charge is -2.28. The summed E-state index contributed by atoms with van der Waals surface area (Å²) in [5.74, 6) is 0.823. The molecule has 6 nitrogen and oxygen atoms in total. The van der Waals surface area contributed by atoms with E-state index in [4.69, 9.17) is 15.2 Å². The molecule has 1 saturated carbocycles. The van der Waals surface area contributed by atoms with Gasteiger partial charge in [0.05, 0.1) is 13.0 Å². The van der Waals surface area contributed by atoms with E-state index < -0.39 is 5.91 Å². The zero-order valence-corrected chi connectivity index (χ0v) is 12.4. The number of fused-ring (bicyclic) bond motifs is 1. The molecule has 0 saturated heterocycles. The fraction of sp³-hybridized carbons (Fsp3) is 0.500. The van der Waals surface area contributed by atoms with Gasteiger partial charge in [-0.3, -0.25) is 9.59 Å². The number of primary amides is 1. The van der Waals surface area contributed by atoms with Crippen molar-refractivity contribution in [2.45, 2.75) is 38.1 Å². The molecule has 1 aliphatic carbocycles. The summed E-state index contributed by atoms with van der Waals surface area (Å²) < 4.78 is 10.6. The highest BCUT2D eigenvalue weighted by atomic mass is 16.7. The average molecular weight is 304 g/mol. The van der Waals surface area contributed by atoms with Crippen LogP contribution in [0.1, 0.15) is 31.2 Å². The number of nitrogens with zero attached hydrogens (tertiary/aromatic N) is 1. The van der Waals surface area contributed by atoms with E-state index in [2.05, 4.69) is 0 Å². The van der Waals surface area contributed by atoms with Crippen LogP contribution in [0.25, 0.3) is 0 Å². The summed E-state index contributed by atoms with van der Waals surface area (Å²) in [4.78, 5) is 25.5. The summed E-state index contributed by atoms with van der Waals surface area (Å²) in [6, 6.07) is 5.60. The number of hydrogen-bond donors (Lipinski definition) is 1. The minimum Gasteiger partial charge on any atom is -0.454 e. The predicted molar refractivity (Wildman–Crippen MR) is 79.4 cm³/mol. The van der Waals surface area contributed by atoms with Crippen LogP contribution >= 0.6 is 0 Å². The average Bonchev–Trinajstić information content (AvgIpc) is 3.15. The van der Waals surface area contributed by atoms with Crippen molar-refractivity contribution in [3.8, 4) is 11.5 Å². The Morgan fingerprint density at radius 1 is 1.18 bits per heavy atom. The molecule has 1 fully saturated rings. The summed E-state index contributed by atoms with van der Waals surface area (Å²) in [6.07, 6.45) is 4.31. The number of carbonyl (C=O) groups excluding carboxylic acids is 2. The van der Waals surface area contributed by atoms with Gasteiger partial charge in [-0.15, -0.1) is 0 Å². The highest BCUT2D eigenvalue weighted by molar-refractivity contribution is 5.85. The Balaban J connectivity index is 1.71. The molecular weight excluding hydrogens is 284 g/mol. The van der Waals surface area contributed by atoms with E-state index in [0.717, 1.165) is 31.2 Å². The van der Waals surface area contributed by atoms with E-state index in [9.17, 15) is 9.59 Å². The Labute approximate surface area is 129 Å². The molecule has 0 spiro atoms. The first kappa shape index (κ1) is 14.7. The van der Waals surface area contributed by atoms with Crippen molar-refractivity contribution in [1.82, 2.24) is 4.90 Å². The molecule has 6 heteroatoms. The first-order valence-electron chi connectivity index (χ1n) is 7.60. The summed E-state index contributed by atoms with van der Waals surface area (Å²) in [7, 11) is 0. The van der Waals surface area contributed by atoms with Crippen molar-refractivity contribution < 1.29 is 19.1 Å². The number of nitrogens with two attached hydrogens (primary N) is 1. The molecule has 22 heavy (non-hydrogen) atoms. The quantitative estimate of drug-likeness (QED) is 0.886. The Morgan fingerprint density at radius 3 is 2.64 bits per heavy atom. The maximum Gasteiger partial charge on any atom is 0.237 e. The molecule has 0 atom stereocenters. The second-order valence-corrected chi connectivity index (χ2v) is 5.79. The minimum atomic E-state index is -0.467. The van der Waals surface area contributed by atoms with Crippen LogP contribution < -0.4 is 15.2 Å². The van der Waals surface area contributed by atoms with Gasteiger partial charge in [0.1, 0.15) is 0 Å². The standard InChI is InChI=1S/C16H20N2O4/c17-15(19)9-18(12-3-1-2-4-12)16(20)8-11-5-6-13-14(7-11)22-10-21-13/h5-7,12H,1-4,8-10H2,(H2,17,19). The van der Waals surface area contributed by atoms with Crippen LogP contribution in [0.5, 0.6) is 11.5 Å². The highest BCUT2D eigenvalue weighted by Crippen LogP contribution is 2.33. The van der Waals surface area contributed by atoms with Gasteiger partial charge in [0.15, 0.2) is 11.5 Å². The SMILES string of the molecule is NC(=O)CN(C(=O)Cc1ccc2c(c1)OCO2)C1CCCC1. The third-order valence-electron chi connectivity index (χ3n) is 4.20. The lowest BCUT2D eigenvalue weighted by atomic mass is 10.1. The van der Waals surface area contributed by atoms with Crippen LogP contribution in [0.15, 0.2) is 18.2 Å². The van der Waals surface area contributed by atoms with Gasteiger partial charge in [0.2, 0.25) is 18.6 Å². The Kier molecular flexibility index (Phi) is 4.18. The molecule has 2 N–H and O–H groups in total. The van der Waals surface area contributed by atoms with Crippen LogP contribution in [0, 0.1) is 0 Å². The molecule has 118 valence electrons. The first-order chi connectivity index (χ1) is 10.6. The molecule has 1 heterocycles. The molecule has 2 aliphatic rings. The van der Waals surface area contributed by atoms with Crippen molar-refractivity contribution in [3.05, 3.63) is 23.8 Å². The highest BCUT2D eigenvalue weighted by Gasteiger charge is 2.28. The van der Waals surface area contributed by atoms with Crippen LogP contribution in [-0.4, -0.2) is 36.1 Å². The van der Waals surface area contributed by atoms with Crippen molar-refractivity contribution in [2.24, 2.45) is 5.73 Å². The molecule has 1 aromatic carbocycles. The number of rotatable bonds is 5. The van der Waals surface area contributed by atoms with Crippen molar-refractivity contribution >= 4 is 11.8 Å². The largest absolute Gasteiger partial charge is 0.454 e. The molecule has 0 aromatic heterocycles. The molecular formula is C16H20N2O4. The zero-order chi connectivity index (χ0) is 15.5. The summed E-state index contributed by atoms with van der Waals surface area (Å²) in [5.41, 5.74) is 6.15. The van der Waals surface area contributed by atoms with Gasteiger partial charge >= 0.3 is 0 Å². The van der Waals surface area contributed by atoms with E-state index in [0.29, 0.717) is 11.5 Å². The van der Waals surface area contributed by atoms with Crippen LogP contribution in [0.2, 0.25) is 0 Å². The van der Waals surface area contributed by atoms with Gasteiger partial charge < -0.3 is 20.1 Å². The molecule has 3 rings (SSSR count). The number of hydrogen-bond acceptors (Lipinski definition) is 4. The van der Waals surface area contributed by atoms with Crippen molar-refractivity contribution in [1.29, 1.82) is 0 Å². The van der Waals surface area contributed by atoms with Crippen molar-refractivity contribution in [2.75, 3.05) is 13.3 Å². The second-order valence-electron chi connectivity index (χ2n) is 5.79. The van der Waals surface area contributed by atoms with Gasteiger partial charge in [-0.05, 0) is 30.5 Å². The topological polar surface area (TPSA) is 81.9 Å². The molecule has 0 bridgehead atoms. The van der Waals surface area contributed by atoms with E-state index in [1.54, 1.807) is 11.0 Å². The van der Waals surface area contributed by atoms with Crippen LogP contribution in [0.3, 0.4) is 0 Å². The molecule has 1 aromatic rings. The maximum atomic E-state index is 12.6.